The highest BCUT2D eigenvalue weighted by molar-refractivity contribution is 5.82. The van der Waals surface area contributed by atoms with Gasteiger partial charge in [0.15, 0.2) is 0 Å². The lowest BCUT2D eigenvalue weighted by Gasteiger charge is -2.36. The fourth-order valence-electron chi connectivity index (χ4n) is 3.95. The molecule has 4 heteroatoms. The van der Waals surface area contributed by atoms with E-state index in [1.165, 1.54) is 18.4 Å². The highest BCUT2D eigenvalue weighted by atomic mass is 16.5. The Bertz CT molecular complexity index is 520. The van der Waals surface area contributed by atoms with Crippen molar-refractivity contribution in [1.82, 2.24) is 9.80 Å². The van der Waals surface area contributed by atoms with Crippen molar-refractivity contribution in [3.63, 3.8) is 0 Å². The van der Waals surface area contributed by atoms with Crippen LogP contribution in [0.5, 0.6) is 0 Å². The van der Waals surface area contributed by atoms with Gasteiger partial charge >= 0.3 is 0 Å². The molecule has 0 radical (unpaired) electrons. The first kappa shape index (κ1) is 17.4. The number of carbonyl (C=O) groups is 1. The smallest absolute Gasteiger partial charge is 0.239 e. The van der Waals surface area contributed by atoms with Gasteiger partial charge in [0.1, 0.15) is 0 Å². The molecule has 0 spiro atoms. The summed E-state index contributed by atoms with van der Waals surface area (Å²) in [5.74, 6) is 0.832. The van der Waals surface area contributed by atoms with E-state index in [0.29, 0.717) is 18.4 Å². The average Bonchev–Trinajstić information content (AvgIpc) is 3.11. The topological polar surface area (TPSA) is 32.8 Å². The minimum absolute atomic E-state index is 0.118. The first-order valence-electron chi connectivity index (χ1n) is 9.42. The Morgan fingerprint density at radius 2 is 2.00 bits per heavy atom. The van der Waals surface area contributed by atoms with Crippen LogP contribution in [0.2, 0.25) is 0 Å². The van der Waals surface area contributed by atoms with Crippen molar-refractivity contribution in [2.45, 2.75) is 45.3 Å². The molecular formula is C20H30N2O2. The van der Waals surface area contributed by atoms with E-state index in [-0.39, 0.29) is 6.04 Å². The van der Waals surface area contributed by atoms with Gasteiger partial charge in [-0.25, -0.2) is 0 Å². The van der Waals surface area contributed by atoms with Gasteiger partial charge in [-0.1, -0.05) is 43.7 Å². The fraction of sp³-hybridized carbons (Fsp3) is 0.650. The molecule has 2 heterocycles. The van der Waals surface area contributed by atoms with E-state index >= 15 is 0 Å². The molecule has 0 unspecified atom stereocenters. The van der Waals surface area contributed by atoms with Crippen LogP contribution in [0.3, 0.4) is 0 Å². The van der Waals surface area contributed by atoms with Gasteiger partial charge in [-0.05, 0) is 37.9 Å². The summed E-state index contributed by atoms with van der Waals surface area (Å²) in [5, 5.41) is 0. The van der Waals surface area contributed by atoms with Crippen molar-refractivity contribution in [3.05, 3.63) is 35.9 Å². The molecule has 132 valence electrons. The lowest BCUT2D eigenvalue weighted by atomic mass is 10.0. The van der Waals surface area contributed by atoms with E-state index in [0.717, 1.165) is 45.6 Å². The quantitative estimate of drug-likeness (QED) is 0.804. The van der Waals surface area contributed by atoms with Crippen LogP contribution >= 0.6 is 0 Å². The van der Waals surface area contributed by atoms with Crippen LogP contribution in [0.4, 0.5) is 0 Å². The first-order chi connectivity index (χ1) is 11.8. The van der Waals surface area contributed by atoms with Crippen molar-refractivity contribution in [2.24, 2.45) is 5.92 Å². The van der Waals surface area contributed by atoms with Crippen molar-refractivity contribution in [1.29, 1.82) is 0 Å². The standard InChI is InChI=1S/C20H30N2O2/c1-2-21-12-7-6-10-19(21)20(23)22-13-11-18(14-22)16-24-15-17-8-4-3-5-9-17/h3-5,8-9,18-19H,2,6-7,10-16H2,1H3/t18-,19+/m0/s1. The molecule has 2 fully saturated rings. The Morgan fingerprint density at radius 3 is 2.79 bits per heavy atom. The molecule has 0 N–H and O–H groups in total. The maximum absolute atomic E-state index is 12.9. The number of piperidine rings is 1. The van der Waals surface area contributed by atoms with Gasteiger partial charge in [0, 0.05) is 19.0 Å². The van der Waals surface area contributed by atoms with Gasteiger partial charge in [-0.15, -0.1) is 0 Å². The predicted octanol–water partition coefficient (Wildman–Crippen LogP) is 2.93. The Kier molecular flexibility index (Phi) is 6.27. The third kappa shape index (κ3) is 4.37. The highest BCUT2D eigenvalue weighted by Crippen LogP contribution is 2.23. The van der Waals surface area contributed by atoms with Gasteiger partial charge in [0.25, 0.3) is 0 Å². The number of likely N-dealkylation sites (tertiary alicyclic amines) is 2. The lowest BCUT2D eigenvalue weighted by Crippen LogP contribution is -2.50. The Hall–Kier alpha value is -1.39. The molecule has 1 aromatic carbocycles. The fourth-order valence-corrected chi connectivity index (χ4v) is 3.95. The van der Waals surface area contributed by atoms with Crippen molar-refractivity contribution >= 4 is 5.91 Å². The van der Waals surface area contributed by atoms with Gasteiger partial charge in [-0.3, -0.25) is 9.69 Å². The Labute approximate surface area is 145 Å². The Morgan fingerprint density at radius 1 is 1.17 bits per heavy atom. The summed E-state index contributed by atoms with van der Waals surface area (Å²) in [7, 11) is 0. The van der Waals surface area contributed by atoms with Crippen molar-refractivity contribution in [3.8, 4) is 0 Å². The van der Waals surface area contributed by atoms with Crippen LogP contribution in [0, 0.1) is 5.92 Å². The van der Waals surface area contributed by atoms with Gasteiger partial charge < -0.3 is 9.64 Å². The summed E-state index contributed by atoms with van der Waals surface area (Å²) in [6.45, 7) is 7.39. The van der Waals surface area contributed by atoms with Crippen LogP contribution in [-0.4, -0.2) is 54.5 Å². The number of hydrogen-bond acceptors (Lipinski definition) is 3. The Balaban J connectivity index is 1.43. The van der Waals surface area contributed by atoms with E-state index in [1.54, 1.807) is 0 Å². The summed E-state index contributed by atoms with van der Waals surface area (Å²) in [5.41, 5.74) is 1.21. The maximum Gasteiger partial charge on any atom is 0.239 e. The molecular weight excluding hydrogens is 300 g/mol. The molecule has 0 aromatic heterocycles. The summed E-state index contributed by atoms with van der Waals surface area (Å²) in [6, 6.07) is 10.4. The third-order valence-corrected chi connectivity index (χ3v) is 5.37. The number of rotatable bonds is 6. The van der Waals surface area contributed by atoms with E-state index in [2.05, 4.69) is 28.9 Å². The second-order valence-electron chi connectivity index (χ2n) is 7.08. The summed E-state index contributed by atoms with van der Waals surface area (Å²) in [6.07, 6.45) is 4.51. The number of hydrogen-bond donors (Lipinski definition) is 0. The summed E-state index contributed by atoms with van der Waals surface area (Å²) in [4.78, 5) is 17.3. The SMILES string of the molecule is CCN1CCCC[C@@H]1C(=O)N1CC[C@H](COCc2ccccc2)C1. The van der Waals surface area contributed by atoms with E-state index in [9.17, 15) is 4.79 Å². The molecule has 2 saturated heterocycles. The lowest BCUT2D eigenvalue weighted by molar-refractivity contribution is -0.137. The van der Waals surface area contributed by atoms with Crippen LogP contribution in [-0.2, 0) is 16.1 Å². The number of carbonyl (C=O) groups excluding carboxylic acids is 1. The normalized spacial score (nSPS) is 25.1. The van der Waals surface area contributed by atoms with Crippen molar-refractivity contribution < 1.29 is 9.53 Å². The van der Waals surface area contributed by atoms with Crippen LogP contribution < -0.4 is 0 Å². The second-order valence-corrected chi connectivity index (χ2v) is 7.08. The molecule has 1 aromatic rings. The number of ether oxygens (including phenoxy) is 1. The minimum Gasteiger partial charge on any atom is -0.376 e. The van der Waals surface area contributed by atoms with E-state index in [1.807, 2.05) is 18.2 Å². The van der Waals surface area contributed by atoms with Crippen molar-refractivity contribution in [2.75, 3.05) is 32.8 Å². The zero-order chi connectivity index (χ0) is 16.8. The van der Waals surface area contributed by atoms with Gasteiger partial charge in [0.05, 0.1) is 19.3 Å². The van der Waals surface area contributed by atoms with E-state index < -0.39 is 0 Å². The highest BCUT2D eigenvalue weighted by Gasteiger charge is 2.34. The summed E-state index contributed by atoms with van der Waals surface area (Å²) >= 11 is 0. The molecule has 0 saturated carbocycles. The molecule has 24 heavy (non-hydrogen) atoms. The molecule has 2 aliphatic heterocycles. The maximum atomic E-state index is 12.9. The zero-order valence-electron chi connectivity index (χ0n) is 14.8. The molecule has 0 bridgehead atoms. The largest absolute Gasteiger partial charge is 0.376 e. The van der Waals surface area contributed by atoms with Gasteiger partial charge in [-0.2, -0.15) is 0 Å². The molecule has 4 nitrogen and oxygen atoms in total. The average molecular weight is 330 g/mol. The monoisotopic (exact) mass is 330 g/mol. The second kappa shape index (κ2) is 8.63. The number of benzene rings is 1. The summed E-state index contributed by atoms with van der Waals surface area (Å²) < 4.78 is 5.87. The van der Waals surface area contributed by atoms with Crippen LogP contribution in [0.15, 0.2) is 30.3 Å². The van der Waals surface area contributed by atoms with E-state index in [4.69, 9.17) is 4.74 Å². The third-order valence-electron chi connectivity index (χ3n) is 5.37. The van der Waals surface area contributed by atoms with Crippen LogP contribution in [0.1, 0.15) is 38.2 Å². The minimum atomic E-state index is 0.118. The molecule has 2 atom stereocenters. The molecule has 0 aliphatic carbocycles. The van der Waals surface area contributed by atoms with Gasteiger partial charge in [0.2, 0.25) is 5.91 Å². The zero-order valence-corrected chi connectivity index (χ0v) is 14.8. The predicted molar refractivity (Wildman–Crippen MR) is 95.7 cm³/mol. The van der Waals surface area contributed by atoms with Crippen LogP contribution in [0.25, 0.3) is 0 Å². The molecule has 2 aliphatic rings. The number of nitrogens with zero attached hydrogens (tertiary/aromatic N) is 2. The molecule has 3 rings (SSSR count). The first-order valence-corrected chi connectivity index (χ1v) is 9.42. The number of likely N-dealkylation sites (N-methyl/N-ethyl adjacent to an activating group) is 1. The molecule has 1 amide bonds. The number of amides is 1.